The van der Waals surface area contributed by atoms with E-state index in [2.05, 4.69) is 0 Å². The SMILES string of the molecule is [CH]=CCC(C)C(OC)OC. The summed E-state index contributed by atoms with van der Waals surface area (Å²) >= 11 is 0. The van der Waals surface area contributed by atoms with E-state index in [-0.39, 0.29) is 6.29 Å². The van der Waals surface area contributed by atoms with Gasteiger partial charge < -0.3 is 9.47 Å². The lowest BCUT2D eigenvalue weighted by molar-refractivity contribution is -0.132. The van der Waals surface area contributed by atoms with Crippen molar-refractivity contribution in [1.82, 2.24) is 0 Å². The topological polar surface area (TPSA) is 18.5 Å². The molecule has 0 saturated carbocycles. The minimum absolute atomic E-state index is 0.139. The lowest BCUT2D eigenvalue weighted by Crippen LogP contribution is -2.21. The van der Waals surface area contributed by atoms with Crippen molar-refractivity contribution in [3.8, 4) is 0 Å². The van der Waals surface area contributed by atoms with Crippen LogP contribution in [0.5, 0.6) is 0 Å². The van der Waals surface area contributed by atoms with Crippen molar-refractivity contribution in [2.45, 2.75) is 19.6 Å². The van der Waals surface area contributed by atoms with E-state index in [1.54, 1.807) is 20.3 Å². The van der Waals surface area contributed by atoms with Crippen molar-refractivity contribution in [3.63, 3.8) is 0 Å². The molecule has 0 N–H and O–H groups in total. The van der Waals surface area contributed by atoms with Crippen molar-refractivity contribution < 1.29 is 9.47 Å². The largest absolute Gasteiger partial charge is 0.356 e. The molecule has 10 heavy (non-hydrogen) atoms. The van der Waals surface area contributed by atoms with E-state index in [0.717, 1.165) is 6.42 Å². The molecule has 0 bridgehead atoms. The molecule has 0 aromatic carbocycles. The van der Waals surface area contributed by atoms with Crippen LogP contribution in [0.15, 0.2) is 6.08 Å². The third-order valence-electron chi connectivity index (χ3n) is 1.44. The molecule has 0 fully saturated rings. The quantitative estimate of drug-likeness (QED) is 0.544. The van der Waals surface area contributed by atoms with Crippen LogP contribution in [0.4, 0.5) is 0 Å². The Morgan fingerprint density at radius 2 is 1.90 bits per heavy atom. The van der Waals surface area contributed by atoms with E-state index in [1.807, 2.05) is 6.92 Å². The fraction of sp³-hybridized carbons (Fsp3) is 0.750. The first-order valence-corrected chi connectivity index (χ1v) is 3.35. The molecule has 0 aliphatic heterocycles. The van der Waals surface area contributed by atoms with E-state index < -0.39 is 0 Å². The highest BCUT2D eigenvalue weighted by Gasteiger charge is 2.13. The minimum atomic E-state index is -0.139. The van der Waals surface area contributed by atoms with E-state index >= 15 is 0 Å². The predicted octanol–water partition coefficient (Wildman–Crippen LogP) is 1.62. The fourth-order valence-electron chi connectivity index (χ4n) is 0.887. The molecule has 0 aliphatic rings. The molecule has 1 radical (unpaired) electrons. The predicted molar refractivity (Wildman–Crippen MR) is 40.5 cm³/mol. The van der Waals surface area contributed by atoms with Gasteiger partial charge in [0.05, 0.1) is 0 Å². The smallest absolute Gasteiger partial charge is 0.159 e. The van der Waals surface area contributed by atoms with Gasteiger partial charge in [-0.1, -0.05) is 19.6 Å². The van der Waals surface area contributed by atoms with Crippen molar-refractivity contribution in [2.75, 3.05) is 14.2 Å². The number of methoxy groups -OCH3 is 2. The molecule has 2 heteroatoms. The van der Waals surface area contributed by atoms with Crippen LogP contribution < -0.4 is 0 Å². The highest BCUT2D eigenvalue weighted by molar-refractivity contribution is 4.69. The van der Waals surface area contributed by atoms with Gasteiger partial charge in [0.15, 0.2) is 6.29 Å². The highest BCUT2D eigenvalue weighted by atomic mass is 16.7. The van der Waals surface area contributed by atoms with Crippen molar-refractivity contribution in [1.29, 1.82) is 0 Å². The van der Waals surface area contributed by atoms with Gasteiger partial charge in [0.1, 0.15) is 0 Å². The summed E-state index contributed by atoms with van der Waals surface area (Å²) in [5, 5.41) is 0. The first-order chi connectivity index (χ1) is 4.76. The summed E-state index contributed by atoms with van der Waals surface area (Å²) in [4.78, 5) is 0. The van der Waals surface area contributed by atoms with Crippen LogP contribution >= 0.6 is 0 Å². The number of ether oxygens (including phenoxy) is 2. The van der Waals surface area contributed by atoms with Crippen LogP contribution in [0.3, 0.4) is 0 Å². The van der Waals surface area contributed by atoms with Gasteiger partial charge in [-0.2, -0.15) is 0 Å². The van der Waals surface area contributed by atoms with Crippen molar-refractivity contribution in [2.24, 2.45) is 5.92 Å². The lowest BCUT2D eigenvalue weighted by Gasteiger charge is -2.19. The fourth-order valence-corrected chi connectivity index (χ4v) is 0.887. The Morgan fingerprint density at radius 3 is 2.20 bits per heavy atom. The van der Waals surface area contributed by atoms with Crippen LogP contribution in [0.25, 0.3) is 0 Å². The van der Waals surface area contributed by atoms with Gasteiger partial charge >= 0.3 is 0 Å². The molecule has 0 rings (SSSR count). The van der Waals surface area contributed by atoms with E-state index in [4.69, 9.17) is 16.1 Å². The average molecular weight is 143 g/mol. The van der Waals surface area contributed by atoms with Crippen LogP contribution in [-0.4, -0.2) is 20.5 Å². The molecule has 0 spiro atoms. The normalized spacial score (nSPS) is 13.6. The molecular weight excluding hydrogens is 128 g/mol. The summed E-state index contributed by atoms with van der Waals surface area (Å²) in [5.74, 6) is 0.319. The third kappa shape index (κ3) is 2.99. The lowest BCUT2D eigenvalue weighted by atomic mass is 10.1. The molecule has 1 atom stereocenters. The Balaban J connectivity index is 3.63. The number of allylic oxidation sites excluding steroid dienone is 1. The maximum absolute atomic E-state index is 5.24. The van der Waals surface area contributed by atoms with Crippen LogP contribution in [0.1, 0.15) is 13.3 Å². The monoisotopic (exact) mass is 143 g/mol. The molecule has 0 aromatic rings. The Morgan fingerprint density at radius 1 is 1.40 bits per heavy atom. The van der Waals surface area contributed by atoms with Gasteiger partial charge in [0, 0.05) is 20.1 Å². The zero-order valence-electron chi connectivity index (χ0n) is 6.83. The minimum Gasteiger partial charge on any atom is -0.356 e. The molecular formula is C8H15O2. The molecule has 59 valence electrons. The number of hydrogen-bond donors (Lipinski definition) is 0. The van der Waals surface area contributed by atoms with Gasteiger partial charge in [-0.25, -0.2) is 0 Å². The third-order valence-corrected chi connectivity index (χ3v) is 1.44. The Hall–Kier alpha value is -0.340. The molecule has 0 saturated heterocycles. The summed E-state index contributed by atoms with van der Waals surface area (Å²) < 4.78 is 10.0. The molecule has 2 nitrogen and oxygen atoms in total. The van der Waals surface area contributed by atoms with Gasteiger partial charge in [-0.3, -0.25) is 0 Å². The van der Waals surface area contributed by atoms with Gasteiger partial charge in [-0.05, 0) is 6.42 Å². The van der Waals surface area contributed by atoms with E-state index in [1.165, 1.54) is 0 Å². The summed E-state index contributed by atoms with van der Waals surface area (Å²) in [5.41, 5.74) is 0. The second kappa shape index (κ2) is 5.45. The Kier molecular flexibility index (Phi) is 5.26. The Bertz CT molecular complexity index is 87.3. The second-order valence-electron chi connectivity index (χ2n) is 2.29. The molecule has 0 heterocycles. The van der Waals surface area contributed by atoms with Crippen LogP contribution in [-0.2, 0) is 9.47 Å². The van der Waals surface area contributed by atoms with Crippen molar-refractivity contribution in [3.05, 3.63) is 12.7 Å². The highest BCUT2D eigenvalue weighted by Crippen LogP contribution is 2.11. The maximum atomic E-state index is 5.24. The van der Waals surface area contributed by atoms with Gasteiger partial charge in [0.25, 0.3) is 0 Å². The molecule has 0 aromatic heterocycles. The summed E-state index contributed by atoms with van der Waals surface area (Å²) in [7, 11) is 3.25. The zero-order chi connectivity index (χ0) is 7.98. The maximum Gasteiger partial charge on any atom is 0.159 e. The first kappa shape index (κ1) is 9.66. The summed E-state index contributed by atoms with van der Waals surface area (Å²) in [6.07, 6.45) is 2.29. The van der Waals surface area contributed by atoms with Gasteiger partial charge in [-0.15, -0.1) is 0 Å². The van der Waals surface area contributed by atoms with Crippen LogP contribution in [0.2, 0.25) is 0 Å². The van der Waals surface area contributed by atoms with Crippen LogP contribution in [0, 0.1) is 12.5 Å². The second-order valence-corrected chi connectivity index (χ2v) is 2.29. The number of rotatable bonds is 5. The van der Waals surface area contributed by atoms with E-state index in [0.29, 0.717) is 5.92 Å². The molecule has 0 amide bonds. The average Bonchev–Trinajstić information content (AvgIpc) is 1.91. The van der Waals surface area contributed by atoms with Gasteiger partial charge in [0.2, 0.25) is 0 Å². The number of hydrogen-bond acceptors (Lipinski definition) is 2. The summed E-state index contributed by atoms with van der Waals surface area (Å²) in [6.45, 7) is 7.27. The zero-order valence-corrected chi connectivity index (χ0v) is 6.83. The molecule has 1 unspecified atom stereocenters. The van der Waals surface area contributed by atoms with Crippen molar-refractivity contribution >= 4 is 0 Å². The first-order valence-electron chi connectivity index (χ1n) is 3.35. The Labute approximate surface area is 62.8 Å². The standard InChI is InChI=1S/C8H15O2/c1-5-6-7(2)8(9-3)10-4/h1,5,7-8H,6H2,2-4H3. The summed E-state index contributed by atoms with van der Waals surface area (Å²) in [6, 6.07) is 0. The van der Waals surface area contributed by atoms with E-state index in [9.17, 15) is 0 Å². The molecule has 0 aliphatic carbocycles.